The van der Waals surface area contributed by atoms with Crippen LogP contribution in [0.25, 0.3) is 0 Å². The number of nitrogens with zero attached hydrogens (tertiary/aromatic N) is 2. The summed E-state index contributed by atoms with van der Waals surface area (Å²) in [6.07, 6.45) is -0.391. The number of carbonyl (C=O) groups is 1. The van der Waals surface area contributed by atoms with E-state index in [0.29, 0.717) is 24.4 Å². The maximum Gasteiger partial charge on any atom is 0.255 e. The molecule has 1 saturated heterocycles. The van der Waals surface area contributed by atoms with Gasteiger partial charge < -0.3 is 10.0 Å². The predicted molar refractivity (Wildman–Crippen MR) is 64.7 cm³/mol. The van der Waals surface area contributed by atoms with Crippen molar-refractivity contribution in [2.24, 2.45) is 0 Å². The molecule has 5 heteroatoms. The van der Waals surface area contributed by atoms with Crippen molar-refractivity contribution in [2.75, 3.05) is 18.8 Å². The van der Waals surface area contributed by atoms with Gasteiger partial charge >= 0.3 is 0 Å². The van der Waals surface area contributed by atoms with Gasteiger partial charge in [0, 0.05) is 18.0 Å². The number of rotatable bonds is 3. The number of hydrogen-bond acceptors (Lipinski definition) is 4. The standard InChI is InChI=1S/C12H12N2O2S/c13-5-6-17-11-4-2-1-3-10(11)12(16)14-7-9(15)8-14/h1-4,9,15H,6-8H2. The molecule has 1 aliphatic heterocycles. The van der Waals surface area contributed by atoms with Gasteiger partial charge in [-0.3, -0.25) is 4.79 Å². The van der Waals surface area contributed by atoms with Gasteiger partial charge in [-0.1, -0.05) is 12.1 Å². The molecule has 1 aromatic carbocycles. The first-order valence-electron chi connectivity index (χ1n) is 5.28. The monoisotopic (exact) mass is 248 g/mol. The summed E-state index contributed by atoms with van der Waals surface area (Å²) >= 11 is 1.36. The molecule has 4 nitrogen and oxygen atoms in total. The highest BCUT2D eigenvalue weighted by atomic mass is 32.2. The van der Waals surface area contributed by atoms with Crippen LogP contribution < -0.4 is 0 Å². The average molecular weight is 248 g/mol. The molecule has 1 aliphatic rings. The molecule has 1 aromatic rings. The fourth-order valence-corrected chi connectivity index (χ4v) is 2.38. The average Bonchev–Trinajstić information content (AvgIpc) is 2.32. The van der Waals surface area contributed by atoms with Gasteiger partial charge in [-0.25, -0.2) is 0 Å². The summed E-state index contributed by atoms with van der Waals surface area (Å²) in [5.74, 6) is 0.253. The van der Waals surface area contributed by atoms with Crippen molar-refractivity contribution in [1.29, 1.82) is 5.26 Å². The second-order valence-corrected chi connectivity index (χ2v) is 4.82. The molecule has 1 N–H and O–H groups in total. The summed E-state index contributed by atoms with van der Waals surface area (Å²) in [5.41, 5.74) is 0.611. The third-order valence-electron chi connectivity index (χ3n) is 2.56. The van der Waals surface area contributed by atoms with Crippen molar-refractivity contribution in [3.05, 3.63) is 29.8 Å². The van der Waals surface area contributed by atoms with E-state index in [9.17, 15) is 9.90 Å². The molecule has 17 heavy (non-hydrogen) atoms. The number of nitriles is 1. The summed E-state index contributed by atoms with van der Waals surface area (Å²) in [5, 5.41) is 17.7. The molecule has 0 bridgehead atoms. The van der Waals surface area contributed by atoms with E-state index in [1.165, 1.54) is 11.8 Å². The van der Waals surface area contributed by atoms with Gasteiger partial charge in [0.05, 0.1) is 23.5 Å². The summed E-state index contributed by atoms with van der Waals surface area (Å²) < 4.78 is 0. The molecule has 1 heterocycles. The lowest BCUT2D eigenvalue weighted by atomic mass is 10.1. The number of amides is 1. The van der Waals surface area contributed by atoms with Gasteiger partial charge in [0.1, 0.15) is 0 Å². The lowest BCUT2D eigenvalue weighted by Crippen LogP contribution is -2.53. The molecule has 2 rings (SSSR count). The molecule has 1 fully saturated rings. The van der Waals surface area contributed by atoms with Crippen molar-refractivity contribution in [3.63, 3.8) is 0 Å². The topological polar surface area (TPSA) is 64.3 Å². The van der Waals surface area contributed by atoms with E-state index >= 15 is 0 Å². The number of hydrogen-bond donors (Lipinski definition) is 1. The fourth-order valence-electron chi connectivity index (χ4n) is 1.67. The normalized spacial score (nSPS) is 15.2. The number of benzene rings is 1. The Morgan fingerprint density at radius 2 is 2.24 bits per heavy atom. The Kier molecular flexibility index (Phi) is 3.67. The van der Waals surface area contributed by atoms with E-state index in [4.69, 9.17) is 5.26 Å². The Labute approximate surface area is 104 Å². The fraction of sp³-hybridized carbons (Fsp3) is 0.333. The first-order chi connectivity index (χ1) is 8.22. The Hall–Kier alpha value is -1.51. The molecule has 0 radical (unpaired) electrons. The van der Waals surface area contributed by atoms with Gasteiger partial charge in [0.15, 0.2) is 0 Å². The van der Waals surface area contributed by atoms with Crippen LogP contribution in [0.4, 0.5) is 0 Å². The number of aliphatic hydroxyl groups excluding tert-OH is 1. The molecular weight excluding hydrogens is 236 g/mol. The molecule has 1 amide bonds. The van der Waals surface area contributed by atoms with Gasteiger partial charge in [-0.05, 0) is 12.1 Å². The zero-order valence-corrected chi connectivity index (χ0v) is 9.98. The quantitative estimate of drug-likeness (QED) is 0.814. The number of likely N-dealkylation sites (tertiary alicyclic amines) is 1. The van der Waals surface area contributed by atoms with Gasteiger partial charge in [-0.15, -0.1) is 11.8 Å². The Bertz CT molecular complexity index is 464. The molecule has 0 aromatic heterocycles. The van der Waals surface area contributed by atoms with Crippen LogP contribution in [-0.4, -0.2) is 40.9 Å². The zero-order valence-electron chi connectivity index (χ0n) is 9.17. The van der Waals surface area contributed by atoms with Crippen LogP contribution in [-0.2, 0) is 0 Å². The Morgan fingerprint density at radius 1 is 1.53 bits per heavy atom. The minimum Gasteiger partial charge on any atom is -0.389 e. The van der Waals surface area contributed by atoms with Crippen LogP contribution in [0.5, 0.6) is 0 Å². The first kappa shape index (κ1) is 12.0. The minimum atomic E-state index is -0.391. The van der Waals surface area contributed by atoms with Gasteiger partial charge in [0.2, 0.25) is 0 Å². The molecule has 0 unspecified atom stereocenters. The Balaban J connectivity index is 2.14. The van der Waals surface area contributed by atoms with Crippen molar-refractivity contribution >= 4 is 17.7 Å². The molecule has 0 spiro atoms. The van der Waals surface area contributed by atoms with Crippen LogP contribution >= 0.6 is 11.8 Å². The van der Waals surface area contributed by atoms with Gasteiger partial charge in [0.25, 0.3) is 5.91 Å². The predicted octanol–water partition coefficient (Wildman–Crippen LogP) is 1.12. The number of aliphatic hydroxyl groups is 1. The van der Waals surface area contributed by atoms with Crippen molar-refractivity contribution < 1.29 is 9.90 Å². The SMILES string of the molecule is N#CCSc1ccccc1C(=O)N1CC(O)C1. The zero-order chi connectivity index (χ0) is 12.3. The van der Waals surface area contributed by atoms with E-state index in [1.807, 2.05) is 18.2 Å². The van der Waals surface area contributed by atoms with E-state index in [-0.39, 0.29) is 5.91 Å². The summed E-state index contributed by atoms with van der Waals surface area (Å²) in [6, 6.07) is 9.29. The largest absolute Gasteiger partial charge is 0.389 e. The minimum absolute atomic E-state index is 0.0728. The lowest BCUT2D eigenvalue weighted by molar-refractivity contribution is 0.00566. The second kappa shape index (κ2) is 5.21. The Morgan fingerprint density at radius 3 is 2.88 bits per heavy atom. The maximum atomic E-state index is 12.1. The van der Waals surface area contributed by atoms with E-state index < -0.39 is 6.10 Å². The maximum absolute atomic E-state index is 12.1. The van der Waals surface area contributed by atoms with E-state index in [2.05, 4.69) is 0 Å². The van der Waals surface area contributed by atoms with Crippen molar-refractivity contribution in [2.45, 2.75) is 11.0 Å². The summed E-state index contributed by atoms with van der Waals surface area (Å²) in [4.78, 5) is 14.5. The van der Waals surface area contributed by atoms with E-state index in [1.54, 1.807) is 17.0 Å². The third-order valence-corrected chi connectivity index (χ3v) is 3.50. The molecule has 0 aliphatic carbocycles. The van der Waals surface area contributed by atoms with Gasteiger partial charge in [-0.2, -0.15) is 5.26 Å². The van der Waals surface area contributed by atoms with Crippen LogP contribution in [0.2, 0.25) is 0 Å². The molecule has 0 saturated carbocycles. The van der Waals surface area contributed by atoms with Crippen LogP contribution in [0.3, 0.4) is 0 Å². The third kappa shape index (κ3) is 2.60. The number of thioether (sulfide) groups is 1. The highest BCUT2D eigenvalue weighted by Crippen LogP contribution is 2.24. The summed E-state index contributed by atoms with van der Waals surface area (Å²) in [7, 11) is 0. The van der Waals surface area contributed by atoms with Crippen LogP contribution in [0.1, 0.15) is 10.4 Å². The smallest absolute Gasteiger partial charge is 0.255 e. The van der Waals surface area contributed by atoms with Crippen LogP contribution in [0.15, 0.2) is 29.2 Å². The van der Waals surface area contributed by atoms with Crippen molar-refractivity contribution in [1.82, 2.24) is 4.90 Å². The molecular formula is C12H12N2O2S. The number of carbonyl (C=O) groups excluding carboxylic acids is 1. The number of β-amino-alcohol motifs (C(OH)–C–C–N with tert-alkyl or cyclic N) is 1. The van der Waals surface area contributed by atoms with Crippen molar-refractivity contribution in [3.8, 4) is 6.07 Å². The van der Waals surface area contributed by atoms with Crippen LogP contribution in [0, 0.1) is 11.3 Å². The summed E-state index contributed by atoms with van der Waals surface area (Å²) in [6.45, 7) is 0.798. The molecule has 88 valence electrons. The molecule has 0 atom stereocenters. The second-order valence-electron chi connectivity index (χ2n) is 3.81. The van der Waals surface area contributed by atoms with E-state index in [0.717, 1.165) is 4.90 Å². The highest BCUT2D eigenvalue weighted by molar-refractivity contribution is 7.99. The highest BCUT2D eigenvalue weighted by Gasteiger charge is 2.30. The lowest BCUT2D eigenvalue weighted by Gasteiger charge is -2.36. The first-order valence-corrected chi connectivity index (χ1v) is 6.27.